The normalized spacial score (nSPS) is 10.5. The number of nitrogens with two attached hydrogens (primary N) is 1. The summed E-state index contributed by atoms with van der Waals surface area (Å²) in [5.74, 6) is -0.864. The van der Waals surface area contributed by atoms with Gasteiger partial charge in [0.05, 0.1) is 0 Å². The third-order valence-corrected chi connectivity index (χ3v) is 3.03. The highest BCUT2D eigenvalue weighted by molar-refractivity contribution is 5.66. The predicted molar refractivity (Wildman–Crippen MR) is 75.4 cm³/mol. The van der Waals surface area contributed by atoms with Crippen LogP contribution in [0, 0.1) is 0 Å². The summed E-state index contributed by atoms with van der Waals surface area (Å²) < 4.78 is 3.10. The van der Waals surface area contributed by atoms with Gasteiger partial charge in [0.1, 0.15) is 12.6 Å². The van der Waals surface area contributed by atoms with Gasteiger partial charge in [0, 0.05) is 37.0 Å². The average Bonchev–Trinajstić information content (AvgIpc) is 2.48. The molecule has 2 aromatic heterocycles. The molecule has 110 valence electrons. The Balaban J connectivity index is 2.17. The van der Waals surface area contributed by atoms with E-state index in [9.17, 15) is 9.59 Å². The van der Waals surface area contributed by atoms with Crippen LogP contribution in [0.4, 0.5) is 0 Å². The summed E-state index contributed by atoms with van der Waals surface area (Å²) in [5.41, 5.74) is 6.89. The molecule has 0 aromatic carbocycles. The maximum atomic E-state index is 11.9. The Morgan fingerprint density at radius 2 is 2.19 bits per heavy atom. The molecule has 0 aliphatic rings. The molecule has 2 rings (SSSR count). The van der Waals surface area contributed by atoms with E-state index < -0.39 is 5.97 Å². The van der Waals surface area contributed by atoms with Crippen molar-refractivity contribution in [2.24, 2.45) is 5.73 Å². The Hall–Kier alpha value is -2.54. The minimum Gasteiger partial charge on any atom is -0.481 e. The van der Waals surface area contributed by atoms with Crippen LogP contribution in [-0.2, 0) is 17.9 Å². The van der Waals surface area contributed by atoms with Gasteiger partial charge in [-0.1, -0.05) is 4.68 Å². The van der Waals surface area contributed by atoms with Gasteiger partial charge in [-0.2, -0.15) is 0 Å². The highest BCUT2D eigenvalue weighted by atomic mass is 16.4. The number of rotatable bonds is 6. The summed E-state index contributed by atoms with van der Waals surface area (Å²) in [6.07, 6.45) is 5.04. The Morgan fingerprint density at radius 1 is 1.38 bits per heavy atom. The first-order valence-corrected chi connectivity index (χ1v) is 6.58. The molecular formula is C14H17N4O3+. The van der Waals surface area contributed by atoms with Crippen LogP contribution >= 0.6 is 0 Å². The topological polar surface area (TPSA) is 102 Å². The maximum Gasteiger partial charge on any atom is 0.309 e. The van der Waals surface area contributed by atoms with Crippen LogP contribution in [0.25, 0.3) is 11.1 Å². The molecule has 0 saturated heterocycles. The number of hydrogen-bond acceptors (Lipinski definition) is 4. The highest BCUT2D eigenvalue weighted by Gasteiger charge is 2.08. The Morgan fingerprint density at radius 3 is 2.76 bits per heavy atom. The van der Waals surface area contributed by atoms with E-state index in [1.54, 1.807) is 33.9 Å². The number of nitrogens with zero attached hydrogens (tertiary/aromatic N) is 3. The second kappa shape index (κ2) is 6.76. The molecule has 3 N–H and O–H groups in total. The van der Waals surface area contributed by atoms with Crippen molar-refractivity contribution in [2.75, 3.05) is 6.54 Å². The lowest BCUT2D eigenvalue weighted by molar-refractivity contribution is -0.752. The van der Waals surface area contributed by atoms with Gasteiger partial charge >= 0.3 is 5.97 Å². The van der Waals surface area contributed by atoms with Crippen LogP contribution in [0.15, 0.2) is 41.6 Å². The van der Waals surface area contributed by atoms with Crippen molar-refractivity contribution in [1.82, 2.24) is 9.67 Å². The van der Waals surface area contributed by atoms with Gasteiger partial charge in [-0.3, -0.25) is 9.59 Å². The molecule has 0 atom stereocenters. The van der Waals surface area contributed by atoms with Crippen molar-refractivity contribution >= 4 is 5.97 Å². The van der Waals surface area contributed by atoms with Crippen molar-refractivity contribution in [2.45, 2.75) is 19.5 Å². The van der Waals surface area contributed by atoms with Crippen LogP contribution in [0.2, 0.25) is 0 Å². The van der Waals surface area contributed by atoms with Gasteiger partial charge in [0.25, 0.3) is 5.56 Å². The summed E-state index contributed by atoms with van der Waals surface area (Å²) in [6.45, 7) is 1.21. The number of hydrogen-bond donors (Lipinski definition) is 2. The monoisotopic (exact) mass is 289 g/mol. The van der Waals surface area contributed by atoms with Gasteiger partial charge in [-0.05, 0) is 16.7 Å². The minimum atomic E-state index is -0.864. The molecule has 0 aliphatic heterocycles. The summed E-state index contributed by atoms with van der Waals surface area (Å²) in [4.78, 5) is 22.4. The van der Waals surface area contributed by atoms with E-state index in [2.05, 4.69) is 5.10 Å². The molecule has 0 amide bonds. The Labute approximate surface area is 121 Å². The molecule has 2 heterocycles. The third kappa shape index (κ3) is 3.96. The number of carboxylic acid groups (broad SMARTS) is 1. The number of carboxylic acids is 1. The first-order valence-electron chi connectivity index (χ1n) is 6.58. The first kappa shape index (κ1) is 14.9. The molecule has 0 radical (unpaired) electrons. The zero-order valence-corrected chi connectivity index (χ0v) is 11.5. The number of aromatic nitrogens is 3. The second-order valence-corrected chi connectivity index (χ2v) is 4.56. The Kier molecular flexibility index (Phi) is 4.78. The van der Waals surface area contributed by atoms with Gasteiger partial charge in [-0.15, -0.1) is 0 Å². The zero-order chi connectivity index (χ0) is 15.2. The molecule has 0 aliphatic carbocycles. The maximum absolute atomic E-state index is 11.9. The summed E-state index contributed by atoms with van der Waals surface area (Å²) in [5, 5.41) is 12.8. The number of aryl methyl sites for hydroxylation is 1. The van der Waals surface area contributed by atoms with Crippen molar-refractivity contribution in [3.8, 4) is 11.1 Å². The first-order chi connectivity index (χ1) is 10.1. The predicted octanol–water partition coefficient (Wildman–Crippen LogP) is -0.369. The molecule has 0 saturated carbocycles. The van der Waals surface area contributed by atoms with Gasteiger partial charge < -0.3 is 15.4 Å². The Bertz CT molecular complexity index is 679. The molecule has 0 fully saturated rings. The fourth-order valence-corrected chi connectivity index (χ4v) is 1.91. The van der Waals surface area contributed by atoms with Crippen molar-refractivity contribution in [3.63, 3.8) is 0 Å². The van der Waals surface area contributed by atoms with Crippen LogP contribution in [-0.4, -0.2) is 27.3 Å². The molecule has 7 heteroatoms. The van der Waals surface area contributed by atoms with Crippen LogP contribution in [0.5, 0.6) is 0 Å². The smallest absolute Gasteiger partial charge is 0.309 e. The number of carbonyl (C=O) groups is 1. The standard InChI is InChI=1S/C14H16N4O3/c15-4-8-17-5-1-11(9-13(17)19)12-2-6-18(16-10-12)7-3-14(20)21/h1-2,5-6,9-10H,3-4,7-8,15H2/p+1. The average molecular weight is 289 g/mol. The minimum absolute atomic E-state index is 0.0200. The fourth-order valence-electron chi connectivity index (χ4n) is 1.91. The molecule has 7 nitrogen and oxygen atoms in total. The molecule has 21 heavy (non-hydrogen) atoms. The van der Waals surface area contributed by atoms with Crippen molar-refractivity contribution in [1.29, 1.82) is 0 Å². The largest absolute Gasteiger partial charge is 0.481 e. The number of pyridine rings is 1. The van der Waals surface area contributed by atoms with E-state index in [4.69, 9.17) is 10.8 Å². The molecule has 0 spiro atoms. The van der Waals surface area contributed by atoms with Crippen LogP contribution < -0.4 is 16.0 Å². The van der Waals surface area contributed by atoms with Gasteiger partial charge in [-0.25, -0.2) is 0 Å². The lowest BCUT2D eigenvalue weighted by Gasteiger charge is -2.05. The second-order valence-electron chi connectivity index (χ2n) is 4.56. The summed E-state index contributed by atoms with van der Waals surface area (Å²) in [6, 6.07) is 5.17. The lowest BCUT2D eigenvalue weighted by atomic mass is 10.1. The molecule has 0 bridgehead atoms. The number of aliphatic carboxylic acids is 1. The summed E-state index contributed by atoms with van der Waals surface area (Å²) >= 11 is 0. The summed E-state index contributed by atoms with van der Waals surface area (Å²) in [7, 11) is 0. The van der Waals surface area contributed by atoms with Gasteiger partial charge in [0.15, 0.2) is 12.7 Å². The van der Waals surface area contributed by atoms with E-state index in [1.165, 1.54) is 6.07 Å². The van der Waals surface area contributed by atoms with Crippen molar-refractivity contribution in [3.05, 3.63) is 47.1 Å². The molecule has 2 aromatic rings. The van der Waals surface area contributed by atoms with Gasteiger partial charge in [0.2, 0.25) is 0 Å². The van der Waals surface area contributed by atoms with E-state index in [0.29, 0.717) is 19.6 Å². The van der Waals surface area contributed by atoms with Crippen LogP contribution in [0.1, 0.15) is 6.42 Å². The van der Waals surface area contributed by atoms with E-state index in [-0.39, 0.29) is 12.0 Å². The lowest BCUT2D eigenvalue weighted by Crippen LogP contribution is -2.38. The van der Waals surface area contributed by atoms with Crippen molar-refractivity contribution < 1.29 is 14.6 Å². The van der Waals surface area contributed by atoms with Crippen LogP contribution in [0.3, 0.4) is 0 Å². The molecular weight excluding hydrogens is 272 g/mol. The SMILES string of the molecule is NCCn1ccc(-c2cc[n+](CCC(=O)O)nc2)cc1=O. The quantitative estimate of drug-likeness (QED) is 0.706. The van der Waals surface area contributed by atoms with E-state index >= 15 is 0 Å². The fraction of sp³-hybridized carbons (Fsp3) is 0.286. The molecule has 0 unspecified atom stereocenters. The highest BCUT2D eigenvalue weighted by Crippen LogP contribution is 2.14. The zero-order valence-electron chi connectivity index (χ0n) is 11.5. The third-order valence-electron chi connectivity index (χ3n) is 3.03. The van der Waals surface area contributed by atoms with E-state index in [1.807, 2.05) is 6.07 Å². The van der Waals surface area contributed by atoms with E-state index in [0.717, 1.165) is 11.1 Å².